The van der Waals surface area contributed by atoms with Gasteiger partial charge in [-0.25, -0.2) is 0 Å². The summed E-state index contributed by atoms with van der Waals surface area (Å²) in [5.74, 6) is 0.214. The summed E-state index contributed by atoms with van der Waals surface area (Å²) in [6, 6.07) is 15.4. The summed E-state index contributed by atoms with van der Waals surface area (Å²) >= 11 is 5.43. The first-order chi connectivity index (χ1) is 19.3. The lowest BCUT2D eigenvalue weighted by molar-refractivity contribution is -0.384. The van der Waals surface area contributed by atoms with Gasteiger partial charge in [0.1, 0.15) is 16.8 Å². The summed E-state index contributed by atoms with van der Waals surface area (Å²) in [4.78, 5) is 27.6. The molecule has 0 saturated carbocycles. The van der Waals surface area contributed by atoms with Gasteiger partial charge in [0.25, 0.3) is 11.6 Å². The largest absolute Gasteiger partial charge is 0.494 e. The average Bonchev–Trinajstić information content (AvgIpc) is 3.36. The van der Waals surface area contributed by atoms with Gasteiger partial charge in [0.05, 0.1) is 41.7 Å². The number of nitrogens with one attached hydrogen (secondary N) is 2. The molecule has 3 aromatic carbocycles. The van der Waals surface area contributed by atoms with Crippen LogP contribution in [0, 0.1) is 17.0 Å². The van der Waals surface area contributed by atoms with E-state index in [4.69, 9.17) is 21.7 Å². The number of ether oxygens (including phenoxy) is 2. The average molecular weight is 562 g/mol. The Balaban J connectivity index is 1.34. The van der Waals surface area contributed by atoms with Crippen molar-refractivity contribution in [2.75, 3.05) is 43.1 Å². The van der Waals surface area contributed by atoms with Crippen LogP contribution in [-0.2, 0) is 4.74 Å². The quantitative estimate of drug-likeness (QED) is 0.194. The molecular weight excluding hydrogens is 534 g/mol. The van der Waals surface area contributed by atoms with Crippen molar-refractivity contribution >= 4 is 51.3 Å². The molecule has 0 bridgehead atoms. The normalized spacial score (nSPS) is 13.2. The minimum absolute atomic E-state index is 0.0470. The summed E-state index contributed by atoms with van der Waals surface area (Å²) < 4.78 is 10.9. The molecule has 1 aliphatic heterocycles. The fourth-order valence-corrected chi connectivity index (χ4v) is 4.59. The molecule has 2 N–H and O–H groups in total. The molecule has 5 rings (SSSR count). The van der Waals surface area contributed by atoms with Crippen molar-refractivity contribution in [3.05, 3.63) is 75.8 Å². The van der Waals surface area contributed by atoms with Gasteiger partial charge in [0.15, 0.2) is 5.11 Å². The zero-order valence-electron chi connectivity index (χ0n) is 21.9. The van der Waals surface area contributed by atoms with Crippen LogP contribution in [0.25, 0.3) is 16.7 Å². The molecule has 2 heterocycles. The molecule has 1 saturated heterocycles. The third kappa shape index (κ3) is 5.84. The second-order valence-electron chi connectivity index (χ2n) is 9.04. The molecule has 40 heavy (non-hydrogen) atoms. The van der Waals surface area contributed by atoms with Gasteiger partial charge in [-0.2, -0.15) is 4.80 Å². The number of nitro groups is 1. The van der Waals surface area contributed by atoms with Crippen molar-refractivity contribution < 1.29 is 19.2 Å². The maximum atomic E-state index is 13.3. The minimum Gasteiger partial charge on any atom is -0.494 e. The Morgan fingerprint density at radius 2 is 1.80 bits per heavy atom. The van der Waals surface area contributed by atoms with E-state index in [1.165, 1.54) is 12.1 Å². The maximum absolute atomic E-state index is 13.3. The number of anilines is 2. The van der Waals surface area contributed by atoms with Gasteiger partial charge in [-0.3, -0.25) is 20.2 Å². The molecule has 4 aromatic rings. The first kappa shape index (κ1) is 27.0. The van der Waals surface area contributed by atoms with Gasteiger partial charge < -0.3 is 19.7 Å². The lowest BCUT2D eigenvalue weighted by Gasteiger charge is -2.30. The smallest absolute Gasteiger partial charge is 0.270 e. The number of nitro benzene ring substituents is 1. The van der Waals surface area contributed by atoms with Gasteiger partial charge in [0.2, 0.25) is 0 Å². The Labute approximate surface area is 235 Å². The number of aryl methyl sites for hydroxylation is 1. The monoisotopic (exact) mass is 561 g/mol. The molecular formula is C27H27N7O5S. The summed E-state index contributed by atoms with van der Waals surface area (Å²) in [5.41, 5.74) is 4.14. The lowest BCUT2D eigenvalue weighted by atomic mass is 10.1. The Hall–Kier alpha value is -4.62. The predicted octanol–water partition coefficient (Wildman–Crippen LogP) is 4.00. The Bertz CT molecular complexity index is 1580. The Kier molecular flexibility index (Phi) is 7.84. The first-order valence-corrected chi connectivity index (χ1v) is 13.1. The molecule has 13 heteroatoms. The molecule has 0 unspecified atom stereocenters. The fourth-order valence-electron chi connectivity index (χ4n) is 4.38. The topological polar surface area (TPSA) is 137 Å². The number of aromatic nitrogens is 3. The van der Waals surface area contributed by atoms with Crippen LogP contribution in [0.1, 0.15) is 22.8 Å². The second-order valence-corrected chi connectivity index (χ2v) is 9.45. The number of fused-ring (bicyclic) bond motifs is 1. The summed E-state index contributed by atoms with van der Waals surface area (Å²) in [6.07, 6.45) is 0. The van der Waals surface area contributed by atoms with E-state index in [0.717, 1.165) is 17.0 Å². The van der Waals surface area contributed by atoms with E-state index in [-0.39, 0.29) is 16.4 Å². The SMILES string of the molecule is CCOc1ccc(-n2nc3cc(C)c(NC(=S)NC(=O)c4cc([N+](=O)[O-])ccc4N4CCOCC4)cc3n2)cc1. The molecule has 1 aromatic heterocycles. The molecule has 1 amide bonds. The fraction of sp³-hybridized carbons (Fsp3) is 0.259. The van der Waals surface area contributed by atoms with Crippen LogP contribution in [0.4, 0.5) is 17.1 Å². The highest BCUT2D eigenvalue weighted by Gasteiger charge is 2.23. The number of benzene rings is 3. The summed E-state index contributed by atoms with van der Waals surface area (Å²) in [6.45, 7) is 6.54. The zero-order chi connectivity index (χ0) is 28.2. The molecule has 0 spiro atoms. The van der Waals surface area contributed by atoms with Crippen LogP contribution in [0.3, 0.4) is 0 Å². The number of hydrogen-bond acceptors (Lipinski definition) is 9. The molecule has 1 fully saturated rings. The number of nitrogens with zero attached hydrogens (tertiary/aromatic N) is 5. The van der Waals surface area contributed by atoms with Crippen molar-refractivity contribution in [2.24, 2.45) is 0 Å². The van der Waals surface area contributed by atoms with Gasteiger partial charge >= 0.3 is 0 Å². The van der Waals surface area contributed by atoms with Gasteiger partial charge in [-0.05, 0) is 74.1 Å². The first-order valence-electron chi connectivity index (χ1n) is 12.7. The van der Waals surface area contributed by atoms with E-state index >= 15 is 0 Å². The van der Waals surface area contributed by atoms with Gasteiger partial charge in [0, 0.05) is 30.9 Å². The van der Waals surface area contributed by atoms with Crippen LogP contribution in [0.2, 0.25) is 0 Å². The summed E-state index contributed by atoms with van der Waals surface area (Å²) in [5, 5.41) is 26.3. The van der Waals surface area contributed by atoms with Crippen molar-refractivity contribution in [1.29, 1.82) is 0 Å². The standard InChI is InChI=1S/C27H27N7O5S/c1-3-39-20-7-4-18(5-8-20)33-30-23-14-17(2)22(16-24(23)31-33)28-27(40)29-26(35)21-15-19(34(36)37)6-9-25(21)32-10-12-38-13-11-32/h4-9,14-16H,3,10-13H2,1-2H3,(H2,28,29,35,40). The molecule has 0 aliphatic carbocycles. The number of morpholine rings is 1. The number of hydrogen-bond donors (Lipinski definition) is 2. The number of non-ortho nitro benzene ring substituents is 1. The predicted molar refractivity (Wildman–Crippen MR) is 155 cm³/mol. The number of rotatable bonds is 7. The van der Waals surface area contributed by atoms with Crippen LogP contribution >= 0.6 is 12.2 Å². The van der Waals surface area contributed by atoms with Gasteiger partial charge in [-0.15, -0.1) is 10.2 Å². The van der Waals surface area contributed by atoms with E-state index in [9.17, 15) is 14.9 Å². The van der Waals surface area contributed by atoms with E-state index in [1.54, 1.807) is 16.9 Å². The maximum Gasteiger partial charge on any atom is 0.270 e. The lowest BCUT2D eigenvalue weighted by Crippen LogP contribution is -2.39. The third-order valence-corrected chi connectivity index (χ3v) is 6.57. The van der Waals surface area contributed by atoms with E-state index in [0.29, 0.717) is 55.3 Å². The van der Waals surface area contributed by atoms with Crippen molar-refractivity contribution in [3.63, 3.8) is 0 Å². The van der Waals surface area contributed by atoms with Crippen LogP contribution in [0.5, 0.6) is 5.75 Å². The number of amides is 1. The van der Waals surface area contributed by atoms with Crippen molar-refractivity contribution in [3.8, 4) is 11.4 Å². The van der Waals surface area contributed by atoms with Gasteiger partial charge in [-0.1, -0.05) is 0 Å². The molecule has 0 atom stereocenters. The number of carbonyl (C=O) groups excluding carboxylic acids is 1. The van der Waals surface area contributed by atoms with Crippen LogP contribution in [-0.4, -0.2) is 63.8 Å². The number of thiocarbonyl (C=S) groups is 1. The van der Waals surface area contributed by atoms with Crippen LogP contribution < -0.4 is 20.3 Å². The Morgan fingerprint density at radius 3 is 2.48 bits per heavy atom. The Morgan fingerprint density at radius 1 is 1.10 bits per heavy atom. The van der Waals surface area contributed by atoms with Crippen LogP contribution in [0.15, 0.2) is 54.6 Å². The third-order valence-electron chi connectivity index (χ3n) is 6.37. The molecule has 206 valence electrons. The highest BCUT2D eigenvalue weighted by Crippen LogP contribution is 2.27. The number of carbonyl (C=O) groups is 1. The zero-order valence-corrected chi connectivity index (χ0v) is 22.7. The van der Waals surface area contributed by atoms with E-state index in [2.05, 4.69) is 20.8 Å². The highest BCUT2D eigenvalue weighted by molar-refractivity contribution is 7.80. The minimum atomic E-state index is -0.553. The van der Waals surface area contributed by atoms with E-state index < -0.39 is 10.8 Å². The molecule has 1 aliphatic rings. The molecule has 12 nitrogen and oxygen atoms in total. The second kappa shape index (κ2) is 11.6. The highest BCUT2D eigenvalue weighted by atomic mass is 32.1. The molecule has 0 radical (unpaired) electrons. The van der Waals surface area contributed by atoms with Crippen molar-refractivity contribution in [2.45, 2.75) is 13.8 Å². The van der Waals surface area contributed by atoms with Crippen molar-refractivity contribution in [1.82, 2.24) is 20.3 Å². The van der Waals surface area contributed by atoms with E-state index in [1.807, 2.05) is 49.1 Å². The summed E-state index contributed by atoms with van der Waals surface area (Å²) in [7, 11) is 0.